The van der Waals surface area contributed by atoms with Gasteiger partial charge in [-0.2, -0.15) is 0 Å². The fraction of sp³-hybridized carbons (Fsp3) is 0.500. The van der Waals surface area contributed by atoms with Crippen LogP contribution >= 0.6 is 0 Å². The molecule has 1 fully saturated rings. The van der Waals surface area contributed by atoms with Crippen molar-refractivity contribution in [1.29, 1.82) is 0 Å². The van der Waals surface area contributed by atoms with Crippen LogP contribution in [0.3, 0.4) is 0 Å². The van der Waals surface area contributed by atoms with Crippen LogP contribution in [0, 0.1) is 6.92 Å². The molecule has 1 aromatic heterocycles. The Kier molecular flexibility index (Phi) is 3.71. The molecule has 5 heteroatoms. The van der Waals surface area contributed by atoms with Crippen molar-refractivity contribution < 1.29 is 9.90 Å². The summed E-state index contributed by atoms with van der Waals surface area (Å²) >= 11 is 0. The molecule has 0 aromatic carbocycles. The number of hydrogen-bond donors (Lipinski definition) is 3. The topological polar surface area (TPSA) is 74.2 Å². The molecule has 0 radical (unpaired) electrons. The predicted molar refractivity (Wildman–Crippen MR) is 63.2 cm³/mol. The molecule has 1 amide bonds. The molecule has 2 atom stereocenters. The maximum absolute atomic E-state index is 11.8. The molecule has 1 saturated heterocycles. The molecule has 2 unspecified atom stereocenters. The zero-order valence-electron chi connectivity index (χ0n) is 9.81. The second kappa shape index (κ2) is 5.25. The van der Waals surface area contributed by atoms with E-state index in [1.807, 2.05) is 19.1 Å². The lowest BCUT2D eigenvalue weighted by Gasteiger charge is -2.11. The van der Waals surface area contributed by atoms with Crippen molar-refractivity contribution in [3.63, 3.8) is 0 Å². The Bertz CT molecular complexity index is 408. The van der Waals surface area contributed by atoms with Crippen molar-refractivity contribution in [2.45, 2.75) is 32.0 Å². The standard InChI is InChI=1S/C12H17N3O2/c1-8-3-2-4-13-11(8)7-15-12(17)10-5-9(16)6-14-10/h2-4,9-10,14,16H,5-7H2,1H3,(H,15,17). The minimum Gasteiger partial charge on any atom is -0.392 e. The van der Waals surface area contributed by atoms with E-state index < -0.39 is 6.10 Å². The zero-order chi connectivity index (χ0) is 12.3. The lowest BCUT2D eigenvalue weighted by molar-refractivity contribution is -0.123. The van der Waals surface area contributed by atoms with Crippen molar-refractivity contribution in [3.8, 4) is 0 Å². The van der Waals surface area contributed by atoms with E-state index in [1.165, 1.54) is 0 Å². The first-order valence-corrected chi connectivity index (χ1v) is 5.76. The van der Waals surface area contributed by atoms with Crippen LogP contribution < -0.4 is 10.6 Å². The average molecular weight is 235 g/mol. The Morgan fingerprint density at radius 3 is 3.18 bits per heavy atom. The Balaban J connectivity index is 1.86. The quantitative estimate of drug-likeness (QED) is 0.674. The van der Waals surface area contributed by atoms with E-state index >= 15 is 0 Å². The van der Waals surface area contributed by atoms with E-state index in [1.54, 1.807) is 6.20 Å². The summed E-state index contributed by atoms with van der Waals surface area (Å²) in [5.41, 5.74) is 1.94. The highest BCUT2D eigenvalue weighted by Crippen LogP contribution is 2.07. The second-order valence-corrected chi connectivity index (χ2v) is 4.34. The number of aromatic nitrogens is 1. The maximum Gasteiger partial charge on any atom is 0.237 e. The monoisotopic (exact) mass is 235 g/mol. The van der Waals surface area contributed by atoms with Gasteiger partial charge in [0.25, 0.3) is 0 Å². The van der Waals surface area contributed by atoms with E-state index in [-0.39, 0.29) is 11.9 Å². The molecule has 0 saturated carbocycles. The van der Waals surface area contributed by atoms with Crippen molar-refractivity contribution in [3.05, 3.63) is 29.6 Å². The van der Waals surface area contributed by atoms with Gasteiger partial charge in [-0.05, 0) is 25.0 Å². The summed E-state index contributed by atoms with van der Waals surface area (Å²) in [4.78, 5) is 16.0. The molecule has 0 bridgehead atoms. The van der Waals surface area contributed by atoms with Gasteiger partial charge in [-0.3, -0.25) is 9.78 Å². The number of β-amino-alcohol motifs (C(OH)–C–C–N with tert-alkyl or cyclic N) is 1. The molecular weight excluding hydrogens is 218 g/mol. The van der Waals surface area contributed by atoms with Gasteiger partial charge in [0.05, 0.1) is 24.4 Å². The SMILES string of the molecule is Cc1cccnc1CNC(=O)C1CC(O)CN1. The molecule has 1 aliphatic heterocycles. The number of aryl methyl sites for hydroxylation is 1. The molecule has 2 rings (SSSR count). The molecule has 1 aromatic rings. The predicted octanol–water partition coefficient (Wildman–Crippen LogP) is -0.271. The lowest BCUT2D eigenvalue weighted by Crippen LogP contribution is -2.40. The van der Waals surface area contributed by atoms with Crippen LogP contribution in [0.5, 0.6) is 0 Å². The number of aliphatic hydroxyl groups excluding tert-OH is 1. The molecule has 3 N–H and O–H groups in total. The van der Waals surface area contributed by atoms with Crippen LogP contribution in [0.1, 0.15) is 17.7 Å². The van der Waals surface area contributed by atoms with Gasteiger partial charge < -0.3 is 15.7 Å². The van der Waals surface area contributed by atoms with Gasteiger partial charge in [0.1, 0.15) is 0 Å². The van der Waals surface area contributed by atoms with Gasteiger partial charge in [0.2, 0.25) is 5.91 Å². The molecule has 1 aliphatic rings. The zero-order valence-corrected chi connectivity index (χ0v) is 9.81. The summed E-state index contributed by atoms with van der Waals surface area (Å²) in [6.45, 7) is 2.88. The van der Waals surface area contributed by atoms with Crippen LogP contribution in [0.4, 0.5) is 0 Å². The molecule has 0 spiro atoms. The number of amides is 1. The summed E-state index contributed by atoms with van der Waals surface area (Å²) in [5.74, 6) is -0.0772. The smallest absolute Gasteiger partial charge is 0.237 e. The molecule has 92 valence electrons. The first-order valence-electron chi connectivity index (χ1n) is 5.76. The summed E-state index contributed by atoms with van der Waals surface area (Å²) in [6, 6.07) is 3.55. The van der Waals surface area contributed by atoms with E-state index in [2.05, 4.69) is 15.6 Å². The normalized spacial score (nSPS) is 23.6. The van der Waals surface area contributed by atoms with Gasteiger partial charge in [-0.25, -0.2) is 0 Å². The fourth-order valence-electron chi connectivity index (χ4n) is 1.91. The van der Waals surface area contributed by atoms with E-state index in [0.29, 0.717) is 19.5 Å². The van der Waals surface area contributed by atoms with Crippen molar-refractivity contribution >= 4 is 5.91 Å². The summed E-state index contributed by atoms with van der Waals surface area (Å²) in [7, 11) is 0. The molecule has 17 heavy (non-hydrogen) atoms. The number of aliphatic hydroxyl groups is 1. The van der Waals surface area contributed by atoms with Crippen LogP contribution in [0.2, 0.25) is 0 Å². The van der Waals surface area contributed by atoms with E-state index in [4.69, 9.17) is 0 Å². The van der Waals surface area contributed by atoms with E-state index in [0.717, 1.165) is 11.3 Å². The number of hydrogen-bond acceptors (Lipinski definition) is 4. The first-order chi connectivity index (χ1) is 8.16. The number of carbonyl (C=O) groups excluding carboxylic acids is 1. The highest BCUT2D eigenvalue weighted by molar-refractivity contribution is 5.82. The van der Waals surface area contributed by atoms with Crippen LogP contribution in [-0.4, -0.2) is 34.7 Å². The number of pyridine rings is 1. The minimum atomic E-state index is -0.415. The number of nitrogens with one attached hydrogen (secondary N) is 2. The third kappa shape index (κ3) is 3.01. The summed E-state index contributed by atoms with van der Waals surface area (Å²) < 4.78 is 0. The van der Waals surface area contributed by atoms with Gasteiger partial charge in [-0.15, -0.1) is 0 Å². The fourth-order valence-corrected chi connectivity index (χ4v) is 1.91. The Hall–Kier alpha value is -1.46. The van der Waals surface area contributed by atoms with Crippen LogP contribution in [-0.2, 0) is 11.3 Å². The van der Waals surface area contributed by atoms with Gasteiger partial charge >= 0.3 is 0 Å². The Morgan fingerprint density at radius 2 is 2.53 bits per heavy atom. The largest absolute Gasteiger partial charge is 0.392 e. The summed E-state index contributed by atoms with van der Waals surface area (Å²) in [5, 5.41) is 15.1. The molecule has 5 nitrogen and oxygen atoms in total. The van der Waals surface area contributed by atoms with Crippen LogP contribution in [0.15, 0.2) is 18.3 Å². The second-order valence-electron chi connectivity index (χ2n) is 4.34. The highest BCUT2D eigenvalue weighted by atomic mass is 16.3. The van der Waals surface area contributed by atoms with Crippen LogP contribution in [0.25, 0.3) is 0 Å². The van der Waals surface area contributed by atoms with Crippen molar-refractivity contribution in [2.75, 3.05) is 6.54 Å². The van der Waals surface area contributed by atoms with E-state index in [9.17, 15) is 9.90 Å². The van der Waals surface area contributed by atoms with Crippen molar-refractivity contribution in [1.82, 2.24) is 15.6 Å². The van der Waals surface area contributed by atoms with Gasteiger partial charge in [-0.1, -0.05) is 6.07 Å². The number of rotatable bonds is 3. The first kappa shape index (κ1) is 12.0. The molecular formula is C12H17N3O2. The molecule has 2 heterocycles. The minimum absolute atomic E-state index is 0.0772. The third-order valence-electron chi connectivity index (χ3n) is 2.97. The number of carbonyl (C=O) groups is 1. The third-order valence-corrected chi connectivity index (χ3v) is 2.97. The average Bonchev–Trinajstić information content (AvgIpc) is 2.74. The summed E-state index contributed by atoms with van der Waals surface area (Å²) in [6.07, 6.45) is 1.78. The Labute approximate surface area is 100 Å². The number of nitrogens with zero attached hydrogens (tertiary/aromatic N) is 1. The highest BCUT2D eigenvalue weighted by Gasteiger charge is 2.27. The van der Waals surface area contributed by atoms with Gasteiger partial charge in [0, 0.05) is 12.7 Å². The maximum atomic E-state index is 11.8. The van der Waals surface area contributed by atoms with Crippen molar-refractivity contribution in [2.24, 2.45) is 0 Å². The van der Waals surface area contributed by atoms with Gasteiger partial charge in [0.15, 0.2) is 0 Å². The lowest BCUT2D eigenvalue weighted by atomic mass is 10.2. The Morgan fingerprint density at radius 1 is 1.71 bits per heavy atom. The molecule has 0 aliphatic carbocycles.